The van der Waals surface area contributed by atoms with Gasteiger partial charge >= 0.3 is 0 Å². The number of nitrogens with two attached hydrogens (primary N) is 1. The van der Waals surface area contributed by atoms with E-state index in [2.05, 4.69) is 22.9 Å². The topological polar surface area (TPSA) is 53.1 Å². The fourth-order valence-electron chi connectivity index (χ4n) is 2.15. The first-order valence-electron chi connectivity index (χ1n) is 5.58. The van der Waals surface area contributed by atoms with E-state index < -0.39 is 0 Å². The molecule has 0 aromatic heterocycles. The van der Waals surface area contributed by atoms with Crippen LogP contribution in [0.4, 0.5) is 10.1 Å². The monoisotopic (exact) mass is 299 g/mol. The van der Waals surface area contributed by atoms with Gasteiger partial charge in [-0.3, -0.25) is 5.41 Å². The molecule has 1 saturated heterocycles. The highest BCUT2D eigenvalue weighted by Gasteiger charge is 2.23. The SMILES string of the molecule is CC1CCN(c2ccc(C(=N)N)c(Br)c2F)C1. The standard InChI is InChI=1S/C12H15BrFN3/c1-7-4-5-17(6-7)9-3-2-8(12(15)16)10(13)11(9)14/h2-3,7H,4-6H2,1H3,(H3,15,16). The van der Waals surface area contributed by atoms with Gasteiger partial charge < -0.3 is 10.6 Å². The lowest BCUT2D eigenvalue weighted by atomic mass is 10.1. The average Bonchev–Trinajstić information content (AvgIpc) is 2.68. The highest BCUT2D eigenvalue weighted by atomic mass is 79.9. The van der Waals surface area contributed by atoms with E-state index in [1.54, 1.807) is 12.1 Å². The van der Waals surface area contributed by atoms with Crippen molar-refractivity contribution in [3.8, 4) is 0 Å². The number of nitrogens with zero attached hydrogens (tertiary/aromatic N) is 1. The second kappa shape index (κ2) is 4.64. The highest BCUT2D eigenvalue weighted by Crippen LogP contribution is 2.32. The lowest BCUT2D eigenvalue weighted by Gasteiger charge is -2.20. The summed E-state index contributed by atoms with van der Waals surface area (Å²) in [6.07, 6.45) is 1.09. The van der Waals surface area contributed by atoms with E-state index in [0.29, 0.717) is 17.2 Å². The van der Waals surface area contributed by atoms with E-state index in [0.717, 1.165) is 19.5 Å². The van der Waals surface area contributed by atoms with Crippen LogP contribution in [0.2, 0.25) is 0 Å². The Labute approximate surface area is 108 Å². The second-order valence-corrected chi connectivity index (χ2v) is 5.31. The van der Waals surface area contributed by atoms with Gasteiger partial charge in [-0.2, -0.15) is 0 Å². The summed E-state index contributed by atoms with van der Waals surface area (Å²) >= 11 is 3.17. The fraction of sp³-hybridized carbons (Fsp3) is 0.417. The molecule has 1 aromatic carbocycles. The van der Waals surface area contributed by atoms with Gasteiger partial charge in [-0.25, -0.2) is 4.39 Å². The third kappa shape index (κ3) is 2.29. The molecule has 1 aromatic rings. The largest absolute Gasteiger partial charge is 0.384 e. The first-order chi connectivity index (χ1) is 8.00. The molecule has 5 heteroatoms. The van der Waals surface area contributed by atoms with E-state index >= 15 is 0 Å². The number of benzene rings is 1. The van der Waals surface area contributed by atoms with Gasteiger partial charge in [-0.05, 0) is 40.4 Å². The zero-order chi connectivity index (χ0) is 12.6. The molecular weight excluding hydrogens is 285 g/mol. The van der Waals surface area contributed by atoms with Crippen molar-refractivity contribution >= 4 is 27.5 Å². The predicted octanol–water partition coefficient (Wildman–Crippen LogP) is 2.72. The molecule has 92 valence electrons. The van der Waals surface area contributed by atoms with Crippen LogP contribution in [-0.4, -0.2) is 18.9 Å². The number of amidine groups is 1. The van der Waals surface area contributed by atoms with Gasteiger partial charge in [-0.1, -0.05) is 6.92 Å². The van der Waals surface area contributed by atoms with Gasteiger partial charge in [0.05, 0.1) is 10.2 Å². The Morgan fingerprint density at radius 2 is 2.29 bits per heavy atom. The Morgan fingerprint density at radius 1 is 1.59 bits per heavy atom. The van der Waals surface area contributed by atoms with E-state index in [1.165, 1.54) is 0 Å². The van der Waals surface area contributed by atoms with Crippen molar-refractivity contribution in [1.82, 2.24) is 0 Å². The molecule has 17 heavy (non-hydrogen) atoms. The van der Waals surface area contributed by atoms with Crippen LogP contribution in [0.3, 0.4) is 0 Å². The van der Waals surface area contributed by atoms with Crippen LogP contribution >= 0.6 is 15.9 Å². The Morgan fingerprint density at radius 3 is 2.82 bits per heavy atom. The number of nitrogens with one attached hydrogen (secondary N) is 1. The van der Waals surface area contributed by atoms with Crippen molar-refractivity contribution in [3.63, 3.8) is 0 Å². The van der Waals surface area contributed by atoms with Crippen LogP contribution in [0, 0.1) is 17.1 Å². The third-order valence-corrected chi connectivity index (χ3v) is 3.89. The smallest absolute Gasteiger partial charge is 0.161 e. The average molecular weight is 300 g/mol. The first-order valence-corrected chi connectivity index (χ1v) is 6.37. The van der Waals surface area contributed by atoms with Crippen molar-refractivity contribution in [2.75, 3.05) is 18.0 Å². The van der Waals surface area contributed by atoms with Crippen LogP contribution in [0.1, 0.15) is 18.9 Å². The maximum atomic E-state index is 14.2. The molecule has 1 aliphatic heterocycles. The maximum absolute atomic E-state index is 14.2. The Bertz CT molecular complexity index is 461. The summed E-state index contributed by atoms with van der Waals surface area (Å²) in [5.41, 5.74) is 6.37. The molecule has 0 amide bonds. The first kappa shape index (κ1) is 12.4. The maximum Gasteiger partial charge on any atom is 0.161 e. The van der Waals surface area contributed by atoms with Crippen molar-refractivity contribution < 1.29 is 4.39 Å². The number of hydrogen-bond acceptors (Lipinski definition) is 2. The van der Waals surface area contributed by atoms with Crippen molar-refractivity contribution in [3.05, 3.63) is 28.0 Å². The molecular formula is C12H15BrFN3. The van der Waals surface area contributed by atoms with Crippen molar-refractivity contribution in [2.24, 2.45) is 11.7 Å². The summed E-state index contributed by atoms with van der Waals surface area (Å²) < 4.78 is 14.4. The molecule has 1 fully saturated rings. The van der Waals surface area contributed by atoms with Gasteiger partial charge in [0.2, 0.25) is 0 Å². The van der Waals surface area contributed by atoms with E-state index in [4.69, 9.17) is 11.1 Å². The quantitative estimate of drug-likeness (QED) is 0.652. The van der Waals surface area contributed by atoms with Crippen LogP contribution in [0.25, 0.3) is 0 Å². The van der Waals surface area contributed by atoms with E-state index in [9.17, 15) is 4.39 Å². The molecule has 1 heterocycles. The minimum atomic E-state index is -0.327. The van der Waals surface area contributed by atoms with Crippen LogP contribution in [-0.2, 0) is 0 Å². The second-order valence-electron chi connectivity index (χ2n) is 4.51. The Hall–Kier alpha value is -1.10. The van der Waals surface area contributed by atoms with Gasteiger partial charge in [0, 0.05) is 18.7 Å². The minimum absolute atomic E-state index is 0.128. The van der Waals surface area contributed by atoms with Crippen LogP contribution in [0.5, 0.6) is 0 Å². The number of rotatable bonds is 2. The molecule has 3 nitrogen and oxygen atoms in total. The zero-order valence-corrected chi connectivity index (χ0v) is 11.2. The van der Waals surface area contributed by atoms with Crippen molar-refractivity contribution in [1.29, 1.82) is 5.41 Å². The third-order valence-electron chi connectivity index (χ3n) is 3.12. The molecule has 0 aliphatic carbocycles. The summed E-state index contributed by atoms with van der Waals surface area (Å²) in [5.74, 6) is 0.143. The molecule has 3 N–H and O–H groups in total. The highest BCUT2D eigenvalue weighted by molar-refractivity contribution is 9.10. The summed E-state index contributed by atoms with van der Waals surface area (Å²) in [4.78, 5) is 2.04. The molecule has 0 spiro atoms. The number of nitrogen functional groups attached to an aromatic ring is 1. The molecule has 1 unspecified atom stereocenters. The van der Waals surface area contributed by atoms with Gasteiger partial charge in [0.1, 0.15) is 5.84 Å². The van der Waals surface area contributed by atoms with Gasteiger partial charge in [0.25, 0.3) is 0 Å². The number of anilines is 1. The number of hydrogen-bond donors (Lipinski definition) is 2. The van der Waals surface area contributed by atoms with Crippen molar-refractivity contribution in [2.45, 2.75) is 13.3 Å². The lowest BCUT2D eigenvalue weighted by Crippen LogP contribution is -2.21. The summed E-state index contributed by atoms with van der Waals surface area (Å²) in [5, 5.41) is 7.35. The molecule has 0 bridgehead atoms. The minimum Gasteiger partial charge on any atom is -0.384 e. The molecule has 1 aliphatic rings. The Kier molecular flexibility index (Phi) is 3.38. The van der Waals surface area contributed by atoms with Gasteiger partial charge in [0.15, 0.2) is 5.82 Å². The lowest BCUT2D eigenvalue weighted by molar-refractivity contribution is 0.613. The van der Waals surface area contributed by atoms with Gasteiger partial charge in [-0.15, -0.1) is 0 Å². The van der Waals surface area contributed by atoms with Crippen LogP contribution in [0.15, 0.2) is 16.6 Å². The Balaban J connectivity index is 2.37. The zero-order valence-electron chi connectivity index (χ0n) is 9.63. The summed E-state index contributed by atoms with van der Waals surface area (Å²) in [6.45, 7) is 3.92. The number of halogens is 2. The molecule has 0 radical (unpaired) electrons. The molecule has 1 atom stereocenters. The predicted molar refractivity (Wildman–Crippen MR) is 71.1 cm³/mol. The summed E-state index contributed by atoms with van der Waals surface area (Å²) in [6, 6.07) is 3.39. The molecule has 2 rings (SSSR count). The van der Waals surface area contributed by atoms with E-state index in [1.807, 2.05) is 4.90 Å². The summed E-state index contributed by atoms with van der Waals surface area (Å²) in [7, 11) is 0. The van der Waals surface area contributed by atoms with E-state index in [-0.39, 0.29) is 16.1 Å². The van der Waals surface area contributed by atoms with Crippen LogP contribution < -0.4 is 10.6 Å². The fourth-order valence-corrected chi connectivity index (χ4v) is 2.69. The molecule has 0 saturated carbocycles. The normalized spacial score (nSPS) is 19.7.